The summed E-state index contributed by atoms with van der Waals surface area (Å²) in [5.74, 6) is 0.297. The smallest absolute Gasteiger partial charge is 0.244 e. The van der Waals surface area contributed by atoms with E-state index in [9.17, 15) is 9.59 Å². The molecule has 0 aromatic heterocycles. The minimum absolute atomic E-state index is 0. The van der Waals surface area contributed by atoms with Crippen molar-refractivity contribution in [1.82, 2.24) is 10.2 Å². The highest BCUT2D eigenvalue weighted by molar-refractivity contribution is 5.87. The summed E-state index contributed by atoms with van der Waals surface area (Å²) in [6.07, 6.45) is 6.96. The first-order chi connectivity index (χ1) is 9.58. The third kappa shape index (κ3) is 5.15. The van der Waals surface area contributed by atoms with Crippen LogP contribution < -0.4 is 11.1 Å². The number of piperidine rings is 1. The van der Waals surface area contributed by atoms with Gasteiger partial charge in [0.05, 0.1) is 0 Å². The molecular weight excluding hydrogens is 290 g/mol. The fourth-order valence-electron chi connectivity index (χ4n) is 3.31. The fourth-order valence-corrected chi connectivity index (χ4v) is 3.31. The van der Waals surface area contributed by atoms with Gasteiger partial charge in [0.25, 0.3) is 0 Å². The van der Waals surface area contributed by atoms with Crippen LogP contribution in [-0.4, -0.2) is 41.9 Å². The first-order valence-electron chi connectivity index (χ1n) is 7.91. The van der Waals surface area contributed by atoms with Crippen LogP contribution >= 0.6 is 12.4 Å². The molecule has 1 aliphatic carbocycles. The van der Waals surface area contributed by atoms with Gasteiger partial charge in [0.1, 0.15) is 6.04 Å². The average molecular weight is 318 g/mol. The second-order valence-electron chi connectivity index (χ2n) is 6.23. The average Bonchev–Trinajstić information content (AvgIpc) is 2.84. The second-order valence-corrected chi connectivity index (χ2v) is 6.23. The van der Waals surface area contributed by atoms with Gasteiger partial charge in [0.2, 0.25) is 11.8 Å². The van der Waals surface area contributed by atoms with Crippen molar-refractivity contribution < 1.29 is 9.59 Å². The molecule has 0 aromatic carbocycles. The maximum absolute atomic E-state index is 12.2. The molecule has 1 aliphatic heterocycles. The molecule has 1 saturated heterocycles. The second kappa shape index (κ2) is 8.59. The number of carbonyl (C=O) groups excluding carboxylic acids is 2. The van der Waals surface area contributed by atoms with Gasteiger partial charge in [-0.3, -0.25) is 9.59 Å². The van der Waals surface area contributed by atoms with Crippen LogP contribution in [0.1, 0.15) is 51.9 Å². The Kier molecular flexibility index (Phi) is 7.46. The SMILES string of the molecule is C[C@H](NC(=O)C[C@@H]1CCC[C@H]1N)C(=O)N1CCCCC1.Cl. The van der Waals surface area contributed by atoms with Gasteiger partial charge in [-0.2, -0.15) is 0 Å². The number of amides is 2. The molecule has 122 valence electrons. The molecule has 1 heterocycles. The van der Waals surface area contributed by atoms with Crippen molar-refractivity contribution in [3.05, 3.63) is 0 Å². The zero-order valence-electron chi connectivity index (χ0n) is 12.8. The number of nitrogens with zero attached hydrogens (tertiary/aromatic N) is 1. The Labute approximate surface area is 133 Å². The third-order valence-corrected chi connectivity index (χ3v) is 4.58. The molecule has 2 fully saturated rings. The summed E-state index contributed by atoms with van der Waals surface area (Å²) in [5, 5.41) is 2.84. The number of hydrogen-bond acceptors (Lipinski definition) is 3. The Morgan fingerprint density at radius 2 is 1.86 bits per heavy atom. The first-order valence-corrected chi connectivity index (χ1v) is 7.91. The highest BCUT2D eigenvalue weighted by Gasteiger charge is 2.28. The summed E-state index contributed by atoms with van der Waals surface area (Å²) in [5.41, 5.74) is 5.98. The van der Waals surface area contributed by atoms with Crippen molar-refractivity contribution in [2.75, 3.05) is 13.1 Å². The van der Waals surface area contributed by atoms with Gasteiger partial charge in [-0.1, -0.05) is 6.42 Å². The van der Waals surface area contributed by atoms with E-state index in [0.29, 0.717) is 6.42 Å². The molecule has 0 spiro atoms. The quantitative estimate of drug-likeness (QED) is 0.824. The fraction of sp³-hybridized carbons (Fsp3) is 0.867. The number of halogens is 1. The van der Waals surface area contributed by atoms with Crippen molar-refractivity contribution >= 4 is 24.2 Å². The van der Waals surface area contributed by atoms with Gasteiger partial charge in [0.15, 0.2) is 0 Å². The summed E-state index contributed by atoms with van der Waals surface area (Å²) in [6.45, 7) is 3.43. The molecule has 5 nitrogen and oxygen atoms in total. The lowest BCUT2D eigenvalue weighted by Gasteiger charge is -2.29. The van der Waals surface area contributed by atoms with Gasteiger partial charge in [-0.05, 0) is 44.9 Å². The zero-order chi connectivity index (χ0) is 14.5. The van der Waals surface area contributed by atoms with Crippen LogP contribution in [0.5, 0.6) is 0 Å². The number of nitrogens with two attached hydrogens (primary N) is 1. The van der Waals surface area contributed by atoms with Crippen molar-refractivity contribution in [3.8, 4) is 0 Å². The minimum atomic E-state index is -0.418. The highest BCUT2D eigenvalue weighted by atomic mass is 35.5. The first kappa shape index (κ1) is 18.2. The normalized spacial score (nSPS) is 26.9. The van der Waals surface area contributed by atoms with Crippen molar-refractivity contribution in [2.45, 2.75) is 64.0 Å². The van der Waals surface area contributed by atoms with Gasteiger partial charge >= 0.3 is 0 Å². The Morgan fingerprint density at radius 3 is 2.43 bits per heavy atom. The molecule has 1 saturated carbocycles. The third-order valence-electron chi connectivity index (χ3n) is 4.58. The summed E-state index contributed by atoms with van der Waals surface area (Å²) < 4.78 is 0. The monoisotopic (exact) mass is 317 g/mol. The maximum atomic E-state index is 12.2. The molecule has 21 heavy (non-hydrogen) atoms. The van der Waals surface area contributed by atoms with E-state index >= 15 is 0 Å². The molecule has 0 radical (unpaired) electrons. The van der Waals surface area contributed by atoms with Crippen LogP contribution in [-0.2, 0) is 9.59 Å². The predicted molar refractivity (Wildman–Crippen MR) is 85.2 cm³/mol. The zero-order valence-corrected chi connectivity index (χ0v) is 13.7. The van der Waals surface area contributed by atoms with E-state index in [1.807, 2.05) is 4.90 Å². The van der Waals surface area contributed by atoms with E-state index in [0.717, 1.165) is 45.2 Å². The molecule has 2 rings (SSSR count). The molecule has 0 bridgehead atoms. The van der Waals surface area contributed by atoms with Gasteiger partial charge < -0.3 is 16.0 Å². The Morgan fingerprint density at radius 1 is 1.19 bits per heavy atom. The van der Waals surface area contributed by atoms with Crippen LogP contribution in [0, 0.1) is 5.92 Å². The molecular formula is C15H28ClN3O2. The lowest BCUT2D eigenvalue weighted by Crippen LogP contribution is -2.49. The van der Waals surface area contributed by atoms with Crippen LogP contribution in [0.4, 0.5) is 0 Å². The van der Waals surface area contributed by atoms with E-state index in [2.05, 4.69) is 5.32 Å². The van der Waals surface area contributed by atoms with E-state index in [1.54, 1.807) is 6.92 Å². The topological polar surface area (TPSA) is 75.4 Å². The Balaban J connectivity index is 0.00000220. The lowest BCUT2D eigenvalue weighted by molar-refractivity contribution is -0.136. The Hall–Kier alpha value is -0.810. The van der Waals surface area contributed by atoms with Crippen LogP contribution in [0.25, 0.3) is 0 Å². The molecule has 3 atom stereocenters. The van der Waals surface area contributed by atoms with E-state index in [1.165, 1.54) is 6.42 Å². The van der Waals surface area contributed by atoms with E-state index in [4.69, 9.17) is 5.73 Å². The van der Waals surface area contributed by atoms with Crippen LogP contribution in [0.3, 0.4) is 0 Å². The van der Waals surface area contributed by atoms with Gasteiger partial charge in [-0.15, -0.1) is 12.4 Å². The van der Waals surface area contributed by atoms with E-state index in [-0.39, 0.29) is 36.2 Å². The lowest BCUT2D eigenvalue weighted by atomic mass is 9.99. The molecule has 2 aliphatic rings. The maximum Gasteiger partial charge on any atom is 0.244 e. The minimum Gasteiger partial charge on any atom is -0.345 e. The number of hydrogen-bond donors (Lipinski definition) is 2. The molecule has 6 heteroatoms. The number of rotatable bonds is 4. The summed E-state index contributed by atoms with van der Waals surface area (Å²) in [7, 11) is 0. The highest BCUT2D eigenvalue weighted by Crippen LogP contribution is 2.26. The number of nitrogens with one attached hydrogen (secondary N) is 1. The van der Waals surface area contributed by atoms with Crippen LogP contribution in [0.2, 0.25) is 0 Å². The largest absolute Gasteiger partial charge is 0.345 e. The molecule has 3 N–H and O–H groups in total. The number of likely N-dealkylation sites (tertiary alicyclic amines) is 1. The Bertz CT molecular complexity index is 359. The molecule has 0 unspecified atom stereocenters. The van der Waals surface area contributed by atoms with Gasteiger partial charge in [-0.25, -0.2) is 0 Å². The predicted octanol–water partition coefficient (Wildman–Crippen LogP) is 1.44. The van der Waals surface area contributed by atoms with Crippen molar-refractivity contribution in [1.29, 1.82) is 0 Å². The molecule has 0 aromatic rings. The van der Waals surface area contributed by atoms with E-state index < -0.39 is 6.04 Å². The standard InChI is InChI=1S/C15H27N3O2.ClH/c1-11(15(20)18-8-3-2-4-9-18)17-14(19)10-12-6-5-7-13(12)16;/h11-13H,2-10,16H2,1H3,(H,17,19);1H/t11-,12-,13+;/m0./s1. The number of carbonyl (C=O) groups is 2. The van der Waals surface area contributed by atoms with Crippen molar-refractivity contribution in [3.63, 3.8) is 0 Å². The summed E-state index contributed by atoms with van der Waals surface area (Å²) in [6, 6.07) is -0.271. The van der Waals surface area contributed by atoms with Gasteiger partial charge in [0, 0.05) is 25.6 Å². The molecule has 2 amide bonds. The summed E-state index contributed by atoms with van der Waals surface area (Å²) in [4.78, 5) is 26.1. The summed E-state index contributed by atoms with van der Waals surface area (Å²) >= 11 is 0. The van der Waals surface area contributed by atoms with Crippen molar-refractivity contribution in [2.24, 2.45) is 11.7 Å². The van der Waals surface area contributed by atoms with Crippen LogP contribution in [0.15, 0.2) is 0 Å².